The van der Waals surface area contributed by atoms with Gasteiger partial charge in [-0.2, -0.15) is 5.10 Å². The number of alkyl halides is 1. The van der Waals surface area contributed by atoms with E-state index in [2.05, 4.69) is 10.1 Å². The molecule has 0 saturated carbocycles. The highest BCUT2D eigenvalue weighted by atomic mass is 35.5. The normalized spacial score (nSPS) is 11.9. The number of aliphatic imine (C=N–C) groups is 1. The average Bonchev–Trinajstić information content (AvgIpc) is 2.67. The average molecular weight is 297 g/mol. The molecule has 0 radical (unpaired) electrons. The van der Waals surface area contributed by atoms with Crippen LogP contribution in [0.5, 0.6) is 0 Å². The van der Waals surface area contributed by atoms with Crippen LogP contribution in [0, 0.1) is 13.8 Å². The number of nitrogens with zero attached hydrogens (tertiary/aromatic N) is 3. The lowest BCUT2D eigenvalue weighted by molar-refractivity contribution is 0.834. The lowest BCUT2D eigenvalue weighted by Crippen LogP contribution is -2.12. The predicted molar refractivity (Wildman–Crippen MR) is 80.1 cm³/mol. The molecule has 1 heterocycles. The van der Waals surface area contributed by atoms with Gasteiger partial charge in [-0.05, 0) is 38.1 Å². The molecule has 2 rings (SSSR count). The quantitative estimate of drug-likeness (QED) is 0.536. The van der Waals surface area contributed by atoms with Gasteiger partial charge in [0.15, 0.2) is 0 Å². The molecule has 0 atom stereocenters. The van der Waals surface area contributed by atoms with Gasteiger partial charge in [-0.25, -0.2) is 9.67 Å². The molecule has 0 saturated heterocycles. The van der Waals surface area contributed by atoms with Gasteiger partial charge in [0.2, 0.25) is 0 Å². The number of aromatic nitrogens is 2. The molecule has 4 nitrogen and oxygen atoms in total. The first-order valence-corrected chi connectivity index (χ1v) is 6.65. The minimum Gasteiger partial charge on any atom is -0.386 e. The van der Waals surface area contributed by atoms with E-state index in [-0.39, 0.29) is 5.88 Å². The molecule has 1 aromatic heterocycles. The molecule has 0 fully saturated rings. The SMILES string of the molecule is Cc1nn(-c2ccc(N=C(N)CCl)cc2)c(C)c1Cl. The smallest absolute Gasteiger partial charge is 0.115 e. The standard InChI is InChI=1S/C13H14Cl2N4/c1-8-13(15)9(2)19(18-8)11-5-3-10(4-6-11)17-12(16)7-14/h3-6H,7H2,1-2H3,(H2,16,17). The van der Waals surface area contributed by atoms with Crippen molar-refractivity contribution in [2.45, 2.75) is 13.8 Å². The van der Waals surface area contributed by atoms with E-state index < -0.39 is 0 Å². The largest absolute Gasteiger partial charge is 0.386 e. The Morgan fingerprint density at radius 2 is 1.95 bits per heavy atom. The molecular formula is C13H14Cl2N4. The van der Waals surface area contributed by atoms with Crippen molar-refractivity contribution in [1.82, 2.24) is 9.78 Å². The van der Waals surface area contributed by atoms with Crippen molar-refractivity contribution >= 4 is 34.7 Å². The van der Waals surface area contributed by atoms with Crippen molar-refractivity contribution in [3.63, 3.8) is 0 Å². The van der Waals surface area contributed by atoms with Crippen LogP contribution in [-0.4, -0.2) is 21.5 Å². The van der Waals surface area contributed by atoms with E-state index in [1.807, 2.05) is 38.1 Å². The van der Waals surface area contributed by atoms with Crippen LogP contribution in [0.3, 0.4) is 0 Å². The molecule has 0 aliphatic rings. The molecule has 0 amide bonds. The summed E-state index contributed by atoms with van der Waals surface area (Å²) < 4.78 is 1.80. The molecule has 100 valence electrons. The monoisotopic (exact) mass is 296 g/mol. The Balaban J connectivity index is 2.35. The fourth-order valence-electron chi connectivity index (χ4n) is 1.74. The molecule has 19 heavy (non-hydrogen) atoms. The number of hydrogen-bond donors (Lipinski definition) is 1. The lowest BCUT2D eigenvalue weighted by atomic mass is 10.3. The Bertz CT molecular complexity index is 614. The summed E-state index contributed by atoms with van der Waals surface area (Å²) in [5.41, 5.74) is 9.00. The van der Waals surface area contributed by atoms with Crippen LogP contribution >= 0.6 is 23.2 Å². The van der Waals surface area contributed by atoms with Crippen LogP contribution in [0.1, 0.15) is 11.4 Å². The third-order valence-electron chi connectivity index (χ3n) is 2.71. The second kappa shape index (κ2) is 5.63. The third-order valence-corrected chi connectivity index (χ3v) is 3.53. The first-order chi connectivity index (χ1) is 9.02. The number of benzene rings is 1. The number of hydrogen-bond acceptors (Lipinski definition) is 2. The third kappa shape index (κ3) is 2.91. The number of amidine groups is 1. The van der Waals surface area contributed by atoms with Gasteiger partial charge in [-0.15, -0.1) is 11.6 Å². The zero-order valence-electron chi connectivity index (χ0n) is 10.7. The number of nitrogens with two attached hydrogens (primary N) is 1. The Labute approximate surface area is 121 Å². The Kier molecular flexibility index (Phi) is 4.12. The second-order valence-corrected chi connectivity index (χ2v) is 4.80. The molecule has 0 bridgehead atoms. The van der Waals surface area contributed by atoms with Crippen molar-refractivity contribution < 1.29 is 0 Å². The van der Waals surface area contributed by atoms with Crippen LogP contribution in [-0.2, 0) is 0 Å². The van der Waals surface area contributed by atoms with Gasteiger partial charge in [-0.3, -0.25) is 0 Å². The van der Waals surface area contributed by atoms with Crippen molar-refractivity contribution in [2.75, 3.05) is 5.88 Å². The molecule has 2 N–H and O–H groups in total. The fourth-order valence-corrected chi connectivity index (χ4v) is 1.92. The maximum absolute atomic E-state index is 6.13. The first-order valence-electron chi connectivity index (χ1n) is 5.74. The van der Waals surface area contributed by atoms with Gasteiger partial charge in [0, 0.05) is 0 Å². The van der Waals surface area contributed by atoms with E-state index in [0.717, 1.165) is 22.8 Å². The molecule has 6 heteroatoms. The summed E-state index contributed by atoms with van der Waals surface area (Å²) in [6.45, 7) is 3.81. The Hall–Kier alpha value is -1.52. The summed E-state index contributed by atoms with van der Waals surface area (Å²) in [5, 5.41) is 5.08. The van der Waals surface area contributed by atoms with E-state index in [4.69, 9.17) is 28.9 Å². The lowest BCUT2D eigenvalue weighted by Gasteiger charge is -2.04. The molecule has 0 unspecified atom stereocenters. The summed E-state index contributed by atoms with van der Waals surface area (Å²) in [6.07, 6.45) is 0. The van der Waals surface area contributed by atoms with E-state index in [1.54, 1.807) is 4.68 Å². The van der Waals surface area contributed by atoms with Crippen LogP contribution < -0.4 is 5.73 Å². The molecule has 0 aliphatic heterocycles. The molecule has 1 aromatic carbocycles. The number of rotatable bonds is 3. The van der Waals surface area contributed by atoms with E-state index >= 15 is 0 Å². The van der Waals surface area contributed by atoms with Gasteiger partial charge in [0.05, 0.1) is 33.7 Å². The molecular weight excluding hydrogens is 283 g/mol. The minimum absolute atomic E-state index is 0.217. The zero-order chi connectivity index (χ0) is 14.0. The number of aryl methyl sites for hydroxylation is 1. The highest BCUT2D eigenvalue weighted by Crippen LogP contribution is 2.23. The maximum atomic E-state index is 6.13. The topological polar surface area (TPSA) is 56.2 Å². The maximum Gasteiger partial charge on any atom is 0.115 e. The fraction of sp³-hybridized carbons (Fsp3) is 0.231. The van der Waals surface area contributed by atoms with Gasteiger partial charge >= 0.3 is 0 Å². The molecule has 0 spiro atoms. The Morgan fingerprint density at radius 3 is 2.42 bits per heavy atom. The van der Waals surface area contributed by atoms with Gasteiger partial charge in [-0.1, -0.05) is 11.6 Å². The zero-order valence-corrected chi connectivity index (χ0v) is 12.2. The van der Waals surface area contributed by atoms with Crippen molar-refractivity contribution in [3.05, 3.63) is 40.7 Å². The van der Waals surface area contributed by atoms with E-state index in [9.17, 15) is 0 Å². The van der Waals surface area contributed by atoms with Crippen LogP contribution in [0.4, 0.5) is 5.69 Å². The summed E-state index contributed by atoms with van der Waals surface area (Å²) in [6, 6.07) is 7.55. The molecule has 2 aromatic rings. The van der Waals surface area contributed by atoms with E-state index in [1.165, 1.54) is 0 Å². The highest BCUT2D eigenvalue weighted by Gasteiger charge is 2.10. The minimum atomic E-state index is 0.217. The summed E-state index contributed by atoms with van der Waals surface area (Å²) in [4.78, 5) is 4.16. The van der Waals surface area contributed by atoms with Crippen LogP contribution in [0.25, 0.3) is 5.69 Å². The molecule has 0 aliphatic carbocycles. The van der Waals surface area contributed by atoms with Crippen molar-refractivity contribution in [2.24, 2.45) is 10.7 Å². The van der Waals surface area contributed by atoms with Gasteiger partial charge in [0.1, 0.15) is 5.84 Å². The van der Waals surface area contributed by atoms with Crippen LogP contribution in [0.15, 0.2) is 29.3 Å². The summed E-state index contributed by atoms with van der Waals surface area (Å²) >= 11 is 11.7. The summed E-state index contributed by atoms with van der Waals surface area (Å²) in [5.74, 6) is 0.609. The van der Waals surface area contributed by atoms with Gasteiger partial charge < -0.3 is 5.73 Å². The van der Waals surface area contributed by atoms with Gasteiger partial charge in [0.25, 0.3) is 0 Å². The number of halogens is 2. The summed E-state index contributed by atoms with van der Waals surface area (Å²) in [7, 11) is 0. The van der Waals surface area contributed by atoms with Crippen molar-refractivity contribution in [3.8, 4) is 5.69 Å². The first kappa shape index (κ1) is 13.9. The second-order valence-electron chi connectivity index (χ2n) is 4.15. The van der Waals surface area contributed by atoms with Crippen LogP contribution in [0.2, 0.25) is 5.02 Å². The van der Waals surface area contributed by atoms with E-state index in [0.29, 0.717) is 10.9 Å². The highest BCUT2D eigenvalue weighted by molar-refractivity contribution is 6.31. The van der Waals surface area contributed by atoms with Crippen molar-refractivity contribution in [1.29, 1.82) is 0 Å². The Morgan fingerprint density at radius 1 is 1.32 bits per heavy atom. The predicted octanol–water partition coefficient (Wildman–Crippen LogP) is 3.37.